The first-order chi connectivity index (χ1) is 5.88. The predicted molar refractivity (Wildman–Crippen MR) is 44.3 cm³/mol. The van der Waals surface area contributed by atoms with Crippen molar-refractivity contribution in [3.05, 3.63) is 18.0 Å². The predicted octanol–water partition coefficient (Wildman–Crippen LogP) is 1.10. The second-order valence-corrected chi connectivity index (χ2v) is 3.18. The number of oxime groups is 1. The van der Waals surface area contributed by atoms with Gasteiger partial charge in [0.2, 0.25) is 0 Å². The number of hydrogen-bond donors (Lipinski definition) is 1. The molecule has 1 aliphatic rings. The van der Waals surface area contributed by atoms with Crippen molar-refractivity contribution in [1.29, 1.82) is 0 Å². The highest BCUT2D eigenvalue weighted by atomic mass is 16.4. The van der Waals surface area contributed by atoms with Crippen molar-refractivity contribution in [2.75, 3.05) is 0 Å². The molecule has 1 saturated carbocycles. The van der Waals surface area contributed by atoms with Crippen molar-refractivity contribution < 1.29 is 5.21 Å². The summed E-state index contributed by atoms with van der Waals surface area (Å²) in [5.41, 5.74) is 0.846. The largest absolute Gasteiger partial charge is 0.411 e. The van der Waals surface area contributed by atoms with Crippen LogP contribution in [0.2, 0.25) is 0 Å². The van der Waals surface area contributed by atoms with Gasteiger partial charge in [-0.15, -0.1) is 0 Å². The Kier molecular flexibility index (Phi) is 1.81. The maximum atomic E-state index is 8.26. The summed E-state index contributed by atoms with van der Waals surface area (Å²) in [4.78, 5) is 0. The van der Waals surface area contributed by atoms with Gasteiger partial charge in [-0.25, -0.2) is 0 Å². The molecule has 64 valence electrons. The first-order valence-corrected chi connectivity index (χ1v) is 4.08. The Labute approximate surface area is 70.5 Å². The molecule has 4 heteroatoms. The Morgan fingerprint density at radius 2 is 2.58 bits per heavy atom. The Morgan fingerprint density at radius 1 is 1.75 bits per heavy atom. The van der Waals surface area contributed by atoms with Crippen molar-refractivity contribution in [3.8, 4) is 0 Å². The zero-order chi connectivity index (χ0) is 8.39. The lowest BCUT2D eigenvalue weighted by atomic mass is 10.4. The van der Waals surface area contributed by atoms with Crippen LogP contribution in [0.1, 0.15) is 18.4 Å². The molecule has 1 N–H and O–H groups in total. The quantitative estimate of drug-likeness (QED) is 0.414. The topological polar surface area (TPSA) is 50.4 Å². The molecule has 0 aromatic carbocycles. The molecule has 1 aromatic rings. The van der Waals surface area contributed by atoms with E-state index in [1.54, 1.807) is 6.20 Å². The first-order valence-electron chi connectivity index (χ1n) is 4.08. The first kappa shape index (κ1) is 7.34. The van der Waals surface area contributed by atoms with Crippen LogP contribution in [0.25, 0.3) is 0 Å². The highest BCUT2D eigenvalue weighted by Gasteiger charge is 2.21. The molecule has 1 aliphatic carbocycles. The van der Waals surface area contributed by atoms with Gasteiger partial charge < -0.3 is 5.21 Å². The monoisotopic (exact) mass is 165 g/mol. The molecular weight excluding hydrogens is 154 g/mol. The Balaban J connectivity index is 2.01. The maximum Gasteiger partial charge on any atom is 0.0765 e. The van der Waals surface area contributed by atoms with Crippen molar-refractivity contribution in [3.63, 3.8) is 0 Å². The van der Waals surface area contributed by atoms with Crippen molar-refractivity contribution >= 4 is 6.21 Å². The van der Waals surface area contributed by atoms with Gasteiger partial charge in [0.25, 0.3) is 0 Å². The molecule has 0 spiro atoms. The molecule has 1 aromatic heterocycles. The smallest absolute Gasteiger partial charge is 0.0765 e. The molecule has 1 heterocycles. The minimum atomic E-state index is 0.823. The minimum Gasteiger partial charge on any atom is -0.411 e. The van der Waals surface area contributed by atoms with E-state index in [9.17, 15) is 0 Å². The molecule has 0 amide bonds. The molecule has 1 fully saturated rings. The van der Waals surface area contributed by atoms with E-state index in [0.717, 1.165) is 18.0 Å². The second kappa shape index (κ2) is 2.97. The molecular formula is C8H11N3O. The van der Waals surface area contributed by atoms with Crippen LogP contribution in [0.5, 0.6) is 0 Å². The van der Waals surface area contributed by atoms with Gasteiger partial charge in [-0.3, -0.25) is 4.68 Å². The van der Waals surface area contributed by atoms with Gasteiger partial charge in [0.1, 0.15) is 0 Å². The van der Waals surface area contributed by atoms with E-state index >= 15 is 0 Å². The lowest BCUT2D eigenvalue weighted by Crippen LogP contribution is -1.99. The summed E-state index contributed by atoms with van der Waals surface area (Å²) in [6.45, 7) is 0.999. The maximum absolute atomic E-state index is 8.26. The average molecular weight is 165 g/mol. The fourth-order valence-corrected chi connectivity index (χ4v) is 1.18. The highest BCUT2D eigenvalue weighted by molar-refractivity contribution is 5.77. The van der Waals surface area contributed by atoms with Gasteiger partial charge in [-0.1, -0.05) is 5.16 Å². The fourth-order valence-electron chi connectivity index (χ4n) is 1.18. The van der Waals surface area contributed by atoms with E-state index in [1.807, 2.05) is 10.9 Å². The van der Waals surface area contributed by atoms with Crippen molar-refractivity contribution in [2.24, 2.45) is 11.1 Å². The number of rotatable bonds is 3. The third-order valence-electron chi connectivity index (χ3n) is 2.00. The Hall–Kier alpha value is -1.32. The number of hydrogen-bond acceptors (Lipinski definition) is 3. The van der Waals surface area contributed by atoms with Crippen LogP contribution in [-0.2, 0) is 6.54 Å². The van der Waals surface area contributed by atoms with Gasteiger partial charge in [-0.05, 0) is 18.8 Å². The zero-order valence-corrected chi connectivity index (χ0v) is 6.72. The van der Waals surface area contributed by atoms with E-state index in [4.69, 9.17) is 5.21 Å². The van der Waals surface area contributed by atoms with E-state index in [1.165, 1.54) is 19.1 Å². The molecule has 12 heavy (non-hydrogen) atoms. The molecule has 0 radical (unpaired) electrons. The lowest BCUT2D eigenvalue weighted by Gasteiger charge is -1.95. The summed E-state index contributed by atoms with van der Waals surface area (Å²) in [5.74, 6) is 0.823. The summed E-state index contributed by atoms with van der Waals surface area (Å²) in [7, 11) is 0. The van der Waals surface area contributed by atoms with E-state index < -0.39 is 0 Å². The van der Waals surface area contributed by atoms with Gasteiger partial charge >= 0.3 is 0 Å². The van der Waals surface area contributed by atoms with E-state index in [-0.39, 0.29) is 0 Å². The Morgan fingerprint density at radius 3 is 3.25 bits per heavy atom. The molecule has 4 nitrogen and oxygen atoms in total. The van der Waals surface area contributed by atoms with Crippen molar-refractivity contribution in [1.82, 2.24) is 9.78 Å². The highest BCUT2D eigenvalue weighted by Crippen LogP contribution is 2.30. The van der Waals surface area contributed by atoms with Crippen LogP contribution in [0.3, 0.4) is 0 Å². The number of nitrogens with zero attached hydrogens (tertiary/aromatic N) is 3. The second-order valence-electron chi connectivity index (χ2n) is 3.18. The van der Waals surface area contributed by atoms with Crippen LogP contribution in [0.15, 0.2) is 17.5 Å². The molecule has 0 bridgehead atoms. The third kappa shape index (κ3) is 1.64. The van der Waals surface area contributed by atoms with Gasteiger partial charge in [0.05, 0.1) is 12.4 Å². The zero-order valence-electron chi connectivity index (χ0n) is 6.72. The lowest BCUT2D eigenvalue weighted by molar-refractivity contribution is 0.322. The van der Waals surface area contributed by atoms with Crippen LogP contribution in [0.4, 0.5) is 0 Å². The molecule has 0 saturated heterocycles. The Bertz CT molecular complexity index is 288. The summed E-state index contributed by atoms with van der Waals surface area (Å²) >= 11 is 0. The van der Waals surface area contributed by atoms with Gasteiger partial charge in [0.15, 0.2) is 0 Å². The molecule has 0 unspecified atom stereocenters. The standard InChI is InChI=1S/C8H11N3O/c12-10-4-8-3-9-11(6-8)5-7-1-2-7/h3-4,6-7,12H,1-2,5H2/b10-4+. The van der Waals surface area contributed by atoms with Crippen molar-refractivity contribution in [2.45, 2.75) is 19.4 Å². The van der Waals surface area contributed by atoms with Crippen LogP contribution in [0, 0.1) is 5.92 Å². The fraction of sp³-hybridized carbons (Fsp3) is 0.500. The minimum absolute atomic E-state index is 0.823. The van der Waals surface area contributed by atoms with Crippen LogP contribution < -0.4 is 0 Å². The summed E-state index contributed by atoms with van der Waals surface area (Å²) in [5, 5.41) is 15.3. The summed E-state index contributed by atoms with van der Waals surface area (Å²) in [6.07, 6.45) is 7.61. The third-order valence-corrected chi connectivity index (χ3v) is 2.00. The SMILES string of the molecule is O/N=C/c1cnn(CC2CC2)c1. The molecule has 0 aliphatic heterocycles. The van der Waals surface area contributed by atoms with E-state index in [2.05, 4.69) is 10.3 Å². The normalized spacial score (nSPS) is 17.3. The molecule has 2 rings (SSSR count). The summed E-state index contributed by atoms with van der Waals surface area (Å²) < 4.78 is 1.90. The van der Waals surface area contributed by atoms with Gasteiger partial charge in [-0.2, -0.15) is 5.10 Å². The van der Waals surface area contributed by atoms with Gasteiger partial charge in [0, 0.05) is 18.3 Å². The van der Waals surface area contributed by atoms with Crippen LogP contribution in [-0.4, -0.2) is 21.2 Å². The molecule has 0 atom stereocenters. The average Bonchev–Trinajstić information content (AvgIpc) is 2.74. The summed E-state index contributed by atoms with van der Waals surface area (Å²) in [6, 6.07) is 0. The van der Waals surface area contributed by atoms with E-state index in [0.29, 0.717) is 0 Å². The number of aromatic nitrogens is 2. The van der Waals surface area contributed by atoms with Crippen LogP contribution >= 0.6 is 0 Å².